The number of carbonyl (C=O) groups is 1. The van der Waals surface area contributed by atoms with Gasteiger partial charge in [-0.2, -0.15) is 13.2 Å². The Balaban J connectivity index is 2.19. The Labute approximate surface area is 101 Å². The summed E-state index contributed by atoms with van der Waals surface area (Å²) in [5, 5.41) is 6.52. The Hall–Kier alpha value is -1.08. The molecule has 1 rings (SSSR count). The highest BCUT2D eigenvalue weighted by molar-refractivity contribution is 7.10. The maximum Gasteiger partial charge on any atom is 0.405 e. The fraction of sp³-hybridized carbons (Fsp3) is 0.500. The van der Waals surface area contributed by atoms with E-state index in [-0.39, 0.29) is 6.54 Å². The summed E-state index contributed by atoms with van der Waals surface area (Å²) in [5.74, 6) is -0.656. The van der Waals surface area contributed by atoms with Gasteiger partial charge in [-0.05, 0) is 23.9 Å². The first kappa shape index (κ1) is 14.0. The molecule has 0 aliphatic carbocycles. The largest absolute Gasteiger partial charge is 0.405 e. The molecular weight excluding hydrogens is 253 g/mol. The van der Waals surface area contributed by atoms with Gasteiger partial charge in [-0.1, -0.05) is 0 Å². The summed E-state index contributed by atoms with van der Waals surface area (Å²) in [7, 11) is 0. The van der Waals surface area contributed by atoms with Gasteiger partial charge >= 0.3 is 6.18 Å². The monoisotopic (exact) mass is 266 g/mol. The highest BCUT2D eigenvalue weighted by atomic mass is 32.1. The third-order valence-electron chi connectivity index (χ3n) is 2.03. The molecule has 0 fully saturated rings. The number of aryl methyl sites for hydroxylation is 1. The van der Waals surface area contributed by atoms with Crippen LogP contribution in [0.2, 0.25) is 0 Å². The molecule has 7 heteroatoms. The summed E-state index contributed by atoms with van der Waals surface area (Å²) < 4.78 is 35.3. The SMILES string of the molecule is Cc1ccsc1CNCC(=O)NCC(F)(F)F. The molecule has 0 aromatic carbocycles. The lowest BCUT2D eigenvalue weighted by Crippen LogP contribution is -2.39. The second-order valence-electron chi connectivity index (χ2n) is 3.52. The van der Waals surface area contributed by atoms with E-state index in [2.05, 4.69) is 5.32 Å². The number of thiophene rings is 1. The number of amides is 1. The van der Waals surface area contributed by atoms with Gasteiger partial charge in [0.25, 0.3) is 0 Å². The molecule has 0 saturated carbocycles. The van der Waals surface area contributed by atoms with Gasteiger partial charge in [0.15, 0.2) is 0 Å². The molecule has 0 atom stereocenters. The van der Waals surface area contributed by atoms with Crippen LogP contribution in [0.3, 0.4) is 0 Å². The van der Waals surface area contributed by atoms with Crippen LogP contribution < -0.4 is 10.6 Å². The summed E-state index contributed by atoms with van der Waals surface area (Å²) in [6, 6.07) is 1.95. The zero-order valence-corrected chi connectivity index (χ0v) is 10.0. The van der Waals surface area contributed by atoms with Gasteiger partial charge < -0.3 is 10.6 Å². The number of rotatable bonds is 5. The number of hydrogen-bond acceptors (Lipinski definition) is 3. The molecule has 1 amide bonds. The van der Waals surface area contributed by atoms with Crippen LogP contribution in [0.4, 0.5) is 13.2 Å². The van der Waals surface area contributed by atoms with Gasteiger partial charge in [-0.25, -0.2) is 0 Å². The molecule has 0 radical (unpaired) electrons. The van der Waals surface area contributed by atoms with Crippen LogP contribution in [0.15, 0.2) is 11.4 Å². The zero-order valence-electron chi connectivity index (χ0n) is 9.23. The van der Waals surface area contributed by atoms with Crippen molar-refractivity contribution < 1.29 is 18.0 Å². The van der Waals surface area contributed by atoms with Gasteiger partial charge in [0.05, 0.1) is 6.54 Å². The van der Waals surface area contributed by atoms with Crippen LogP contribution >= 0.6 is 11.3 Å². The molecule has 1 aromatic heterocycles. The first-order valence-corrected chi connectivity index (χ1v) is 5.83. The second-order valence-corrected chi connectivity index (χ2v) is 4.52. The predicted molar refractivity (Wildman–Crippen MR) is 59.8 cm³/mol. The Morgan fingerprint density at radius 3 is 2.71 bits per heavy atom. The highest BCUT2D eigenvalue weighted by Gasteiger charge is 2.27. The lowest BCUT2D eigenvalue weighted by Gasteiger charge is -2.08. The van der Waals surface area contributed by atoms with Crippen LogP contribution in [-0.2, 0) is 11.3 Å². The average molecular weight is 266 g/mol. The molecule has 0 unspecified atom stereocenters. The van der Waals surface area contributed by atoms with Crippen molar-refractivity contribution in [1.29, 1.82) is 0 Å². The smallest absolute Gasteiger partial charge is 0.346 e. The highest BCUT2D eigenvalue weighted by Crippen LogP contribution is 2.14. The number of hydrogen-bond donors (Lipinski definition) is 2. The maximum absolute atomic E-state index is 11.8. The van der Waals surface area contributed by atoms with E-state index in [4.69, 9.17) is 0 Å². The molecule has 2 N–H and O–H groups in total. The van der Waals surface area contributed by atoms with Gasteiger partial charge in [0, 0.05) is 11.4 Å². The van der Waals surface area contributed by atoms with Crippen molar-refractivity contribution in [2.75, 3.05) is 13.1 Å². The normalized spacial score (nSPS) is 11.5. The maximum atomic E-state index is 11.8. The molecule has 0 saturated heterocycles. The van der Waals surface area contributed by atoms with E-state index in [9.17, 15) is 18.0 Å². The van der Waals surface area contributed by atoms with Crippen molar-refractivity contribution in [2.45, 2.75) is 19.6 Å². The molecule has 1 heterocycles. The van der Waals surface area contributed by atoms with Crippen molar-refractivity contribution in [1.82, 2.24) is 10.6 Å². The second kappa shape index (κ2) is 6.02. The number of halogens is 3. The molecule has 0 bridgehead atoms. The molecule has 1 aromatic rings. The lowest BCUT2D eigenvalue weighted by molar-refractivity contribution is -0.137. The fourth-order valence-electron chi connectivity index (χ4n) is 1.14. The Morgan fingerprint density at radius 1 is 1.47 bits per heavy atom. The van der Waals surface area contributed by atoms with Crippen molar-refractivity contribution >= 4 is 17.2 Å². The molecule has 0 aliphatic rings. The van der Waals surface area contributed by atoms with Gasteiger partial charge in [-0.3, -0.25) is 4.79 Å². The number of alkyl halides is 3. The first-order chi connectivity index (χ1) is 7.88. The van der Waals surface area contributed by atoms with E-state index in [1.54, 1.807) is 16.7 Å². The summed E-state index contributed by atoms with van der Waals surface area (Å²) in [5.41, 5.74) is 1.11. The number of carbonyl (C=O) groups excluding carboxylic acids is 1. The van der Waals surface area contributed by atoms with Crippen molar-refractivity contribution in [3.8, 4) is 0 Å². The van der Waals surface area contributed by atoms with Gasteiger partial charge in [-0.15, -0.1) is 11.3 Å². The van der Waals surface area contributed by atoms with E-state index >= 15 is 0 Å². The Bertz CT molecular complexity index is 376. The molecule has 17 heavy (non-hydrogen) atoms. The third kappa shape index (κ3) is 5.69. The van der Waals surface area contributed by atoms with E-state index in [0.717, 1.165) is 10.4 Å². The van der Waals surface area contributed by atoms with Crippen LogP contribution in [0, 0.1) is 6.92 Å². The third-order valence-corrected chi connectivity index (χ3v) is 3.05. The molecule has 96 valence electrons. The van der Waals surface area contributed by atoms with Crippen molar-refractivity contribution in [3.63, 3.8) is 0 Å². The fourth-order valence-corrected chi connectivity index (χ4v) is 2.01. The van der Waals surface area contributed by atoms with Crippen LogP contribution in [-0.4, -0.2) is 25.2 Å². The van der Waals surface area contributed by atoms with E-state index in [1.807, 2.05) is 18.4 Å². The minimum absolute atomic E-state index is 0.118. The standard InChI is InChI=1S/C10H13F3N2OS/c1-7-2-3-17-8(7)4-14-5-9(16)15-6-10(11,12)13/h2-3,14H,4-6H2,1H3,(H,15,16). The molecule has 0 aliphatic heterocycles. The van der Waals surface area contributed by atoms with Gasteiger partial charge in [0.1, 0.15) is 6.54 Å². The minimum atomic E-state index is -4.36. The van der Waals surface area contributed by atoms with E-state index in [1.165, 1.54) is 0 Å². The van der Waals surface area contributed by atoms with Crippen LogP contribution in [0.5, 0.6) is 0 Å². The number of nitrogens with one attached hydrogen (secondary N) is 2. The van der Waals surface area contributed by atoms with E-state index in [0.29, 0.717) is 6.54 Å². The topological polar surface area (TPSA) is 41.1 Å². The lowest BCUT2D eigenvalue weighted by atomic mass is 10.3. The molecule has 3 nitrogen and oxygen atoms in total. The van der Waals surface area contributed by atoms with Crippen LogP contribution in [0.25, 0.3) is 0 Å². The first-order valence-electron chi connectivity index (χ1n) is 4.95. The summed E-state index contributed by atoms with van der Waals surface area (Å²) in [6.45, 7) is 1.03. The van der Waals surface area contributed by atoms with Gasteiger partial charge in [0.2, 0.25) is 5.91 Å². The van der Waals surface area contributed by atoms with Crippen LogP contribution in [0.1, 0.15) is 10.4 Å². The Kier molecular flexibility index (Phi) is 4.95. The minimum Gasteiger partial charge on any atom is -0.346 e. The Morgan fingerprint density at radius 2 is 2.18 bits per heavy atom. The summed E-state index contributed by atoms with van der Waals surface area (Å²) in [4.78, 5) is 12.1. The predicted octanol–water partition coefficient (Wildman–Crippen LogP) is 1.82. The molecular formula is C10H13F3N2OS. The zero-order chi connectivity index (χ0) is 12.9. The van der Waals surface area contributed by atoms with Crippen molar-refractivity contribution in [2.24, 2.45) is 0 Å². The average Bonchev–Trinajstić information content (AvgIpc) is 2.61. The van der Waals surface area contributed by atoms with Crippen molar-refractivity contribution in [3.05, 3.63) is 21.9 Å². The molecule has 0 spiro atoms. The summed E-state index contributed by atoms with van der Waals surface area (Å²) in [6.07, 6.45) is -4.36. The quantitative estimate of drug-likeness (QED) is 0.853. The van der Waals surface area contributed by atoms with E-state index < -0.39 is 18.6 Å². The summed E-state index contributed by atoms with van der Waals surface area (Å²) >= 11 is 1.54.